The molecule has 0 unspecified atom stereocenters. The zero-order valence-corrected chi connectivity index (χ0v) is 17.7. The Morgan fingerprint density at radius 1 is 0.467 bits per heavy atom. The summed E-state index contributed by atoms with van der Waals surface area (Å²) < 4.78 is 0. The summed E-state index contributed by atoms with van der Waals surface area (Å²) in [5, 5.41) is 11.2. The van der Waals surface area contributed by atoms with Crippen molar-refractivity contribution in [2.45, 2.75) is 0 Å². The zero-order valence-electron chi connectivity index (χ0n) is 15.4. The van der Waals surface area contributed by atoms with Crippen LogP contribution in [0.15, 0.2) is 72.8 Å². The van der Waals surface area contributed by atoms with Crippen LogP contribution in [0.5, 0.6) is 0 Å². The van der Waals surface area contributed by atoms with Crippen molar-refractivity contribution in [3.8, 4) is 0 Å². The minimum Gasteiger partial charge on any atom is -0.324 e. The maximum absolute atomic E-state index is 6.08. The number of hydrogen-bond donors (Lipinski definition) is 3. The van der Waals surface area contributed by atoms with Crippen LogP contribution in [-0.4, -0.2) is 15.0 Å². The van der Waals surface area contributed by atoms with Crippen LogP contribution >= 0.6 is 34.8 Å². The molecule has 0 aliphatic heterocycles. The minimum absolute atomic E-state index is 0.335. The first kappa shape index (κ1) is 20.2. The fraction of sp³-hybridized carbons (Fsp3) is 0. The molecule has 1 heterocycles. The summed E-state index contributed by atoms with van der Waals surface area (Å²) >= 11 is 18.2. The van der Waals surface area contributed by atoms with E-state index in [-0.39, 0.29) is 0 Å². The lowest BCUT2D eigenvalue weighted by atomic mass is 10.3. The third-order valence-corrected chi connectivity index (χ3v) is 4.58. The SMILES string of the molecule is Clc1cccc(Nc2nc(Nc3cccc(Cl)c3)nc(Nc3cccc(Cl)c3)n2)c1. The van der Waals surface area contributed by atoms with Crippen LogP contribution < -0.4 is 16.0 Å². The van der Waals surface area contributed by atoms with Crippen LogP contribution in [0.4, 0.5) is 34.9 Å². The number of rotatable bonds is 6. The molecule has 0 saturated heterocycles. The fourth-order valence-corrected chi connectivity index (χ4v) is 3.20. The van der Waals surface area contributed by atoms with Gasteiger partial charge in [0.1, 0.15) is 0 Å². The molecule has 1 aromatic heterocycles. The number of anilines is 6. The van der Waals surface area contributed by atoms with E-state index in [2.05, 4.69) is 30.9 Å². The Balaban J connectivity index is 1.67. The number of halogens is 3. The third kappa shape index (κ3) is 5.51. The van der Waals surface area contributed by atoms with Gasteiger partial charge in [0.25, 0.3) is 0 Å². The molecule has 0 radical (unpaired) electrons. The van der Waals surface area contributed by atoms with Gasteiger partial charge in [-0.05, 0) is 54.6 Å². The van der Waals surface area contributed by atoms with Gasteiger partial charge in [-0.1, -0.05) is 53.0 Å². The third-order valence-electron chi connectivity index (χ3n) is 3.88. The van der Waals surface area contributed by atoms with Crippen LogP contribution in [0.2, 0.25) is 15.1 Å². The lowest BCUT2D eigenvalue weighted by molar-refractivity contribution is 1.06. The average Bonchev–Trinajstić information content (AvgIpc) is 2.68. The van der Waals surface area contributed by atoms with Crippen molar-refractivity contribution in [3.05, 3.63) is 87.9 Å². The number of hydrogen-bond acceptors (Lipinski definition) is 6. The van der Waals surface area contributed by atoms with E-state index in [0.29, 0.717) is 32.9 Å². The van der Waals surface area contributed by atoms with E-state index < -0.39 is 0 Å². The quantitative estimate of drug-likeness (QED) is 0.288. The second kappa shape index (κ2) is 9.17. The highest BCUT2D eigenvalue weighted by Crippen LogP contribution is 2.24. The molecular weight excluding hydrogens is 443 g/mol. The zero-order chi connectivity index (χ0) is 20.9. The molecule has 6 nitrogen and oxygen atoms in total. The summed E-state index contributed by atoms with van der Waals surface area (Å²) in [5.74, 6) is 1.00. The molecule has 150 valence electrons. The van der Waals surface area contributed by atoms with Crippen molar-refractivity contribution in [1.82, 2.24) is 15.0 Å². The standard InChI is InChI=1S/C21H15Cl3N6/c22-13-4-1-7-16(10-13)25-19-28-20(26-17-8-2-5-14(23)11-17)30-21(29-19)27-18-9-3-6-15(24)12-18/h1-12H,(H3,25,26,27,28,29,30). The van der Waals surface area contributed by atoms with Crippen molar-refractivity contribution in [2.24, 2.45) is 0 Å². The van der Waals surface area contributed by atoms with E-state index in [1.807, 2.05) is 36.4 Å². The highest BCUT2D eigenvalue weighted by molar-refractivity contribution is 6.31. The Labute approximate surface area is 188 Å². The van der Waals surface area contributed by atoms with Gasteiger partial charge in [0, 0.05) is 32.1 Å². The molecule has 0 aliphatic rings. The molecule has 0 bridgehead atoms. The molecule has 0 aliphatic carbocycles. The van der Waals surface area contributed by atoms with Gasteiger partial charge >= 0.3 is 0 Å². The maximum Gasteiger partial charge on any atom is 0.233 e. The van der Waals surface area contributed by atoms with Crippen molar-refractivity contribution in [2.75, 3.05) is 16.0 Å². The molecule has 0 amide bonds. The minimum atomic E-state index is 0.335. The topological polar surface area (TPSA) is 74.8 Å². The van der Waals surface area contributed by atoms with Crippen LogP contribution in [-0.2, 0) is 0 Å². The number of nitrogens with zero attached hydrogens (tertiary/aromatic N) is 3. The van der Waals surface area contributed by atoms with Gasteiger partial charge in [0.15, 0.2) is 0 Å². The van der Waals surface area contributed by atoms with E-state index >= 15 is 0 Å². The van der Waals surface area contributed by atoms with E-state index in [9.17, 15) is 0 Å². The first-order valence-corrected chi connectivity index (χ1v) is 10.0. The summed E-state index contributed by atoms with van der Waals surface area (Å²) in [6.07, 6.45) is 0. The second-order valence-electron chi connectivity index (χ2n) is 6.21. The normalized spacial score (nSPS) is 10.5. The van der Waals surface area contributed by atoms with Crippen molar-refractivity contribution < 1.29 is 0 Å². The summed E-state index contributed by atoms with van der Waals surface area (Å²) in [4.78, 5) is 13.3. The fourth-order valence-electron chi connectivity index (χ4n) is 2.63. The van der Waals surface area contributed by atoms with Gasteiger partial charge in [-0.25, -0.2) is 0 Å². The second-order valence-corrected chi connectivity index (χ2v) is 7.52. The van der Waals surface area contributed by atoms with Crippen molar-refractivity contribution in [1.29, 1.82) is 0 Å². The molecule has 4 rings (SSSR count). The molecule has 0 fully saturated rings. The lowest BCUT2D eigenvalue weighted by Crippen LogP contribution is -2.07. The van der Waals surface area contributed by atoms with Crippen molar-refractivity contribution in [3.63, 3.8) is 0 Å². The molecule has 9 heteroatoms. The lowest BCUT2D eigenvalue weighted by Gasteiger charge is -2.12. The molecule has 30 heavy (non-hydrogen) atoms. The van der Waals surface area contributed by atoms with Crippen LogP contribution in [0.25, 0.3) is 0 Å². The molecule has 0 spiro atoms. The van der Waals surface area contributed by atoms with Gasteiger partial charge in [-0.3, -0.25) is 0 Å². The van der Waals surface area contributed by atoms with E-state index in [1.54, 1.807) is 36.4 Å². The summed E-state index contributed by atoms with van der Waals surface area (Å²) in [6.45, 7) is 0. The molecular formula is C21H15Cl3N6. The first-order valence-electron chi connectivity index (χ1n) is 8.87. The Kier molecular flexibility index (Phi) is 6.18. The molecule has 0 saturated carbocycles. The summed E-state index contributed by atoms with van der Waals surface area (Å²) in [5.41, 5.74) is 2.24. The number of aromatic nitrogens is 3. The van der Waals surface area contributed by atoms with Gasteiger partial charge in [0.05, 0.1) is 0 Å². The van der Waals surface area contributed by atoms with Gasteiger partial charge < -0.3 is 16.0 Å². The smallest absolute Gasteiger partial charge is 0.233 e. The van der Waals surface area contributed by atoms with E-state index in [4.69, 9.17) is 34.8 Å². The monoisotopic (exact) mass is 456 g/mol. The predicted octanol–water partition coefficient (Wildman–Crippen LogP) is 7.06. The Bertz CT molecular complexity index is 1030. The highest BCUT2D eigenvalue weighted by atomic mass is 35.5. The predicted molar refractivity (Wildman–Crippen MR) is 124 cm³/mol. The molecule has 0 atom stereocenters. The first-order chi connectivity index (χ1) is 14.5. The van der Waals surface area contributed by atoms with Crippen molar-refractivity contribution >= 4 is 69.7 Å². The molecule has 3 N–H and O–H groups in total. The Morgan fingerprint density at radius 3 is 1.03 bits per heavy atom. The average molecular weight is 458 g/mol. The molecule has 4 aromatic rings. The van der Waals surface area contributed by atoms with Crippen LogP contribution in [0, 0.1) is 0 Å². The van der Waals surface area contributed by atoms with E-state index in [0.717, 1.165) is 17.1 Å². The molecule has 3 aromatic carbocycles. The van der Waals surface area contributed by atoms with Gasteiger partial charge in [0.2, 0.25) is 17.8 Å². The van der Waals surface area contributed by atoms with E-state index in [1.165, 1.54) is 0 Å². The van der Waals surface area contributed by atoms with Gasteiger partial charge in [-0.2, -0.15) is 15.0 Å². The van der Waals surface area contributed by atoms with Crippen LogP contribution in [0.1, 0.15) is 0 Å². The maximum atomic E-state index is 6.08. The Morgan fingerprint density at radius 2 is 0.767 bits per heavy atom. The highest BCUT2D eigenvalue weighted by Gasteiger charge is 2.09. The van der Waals surface area contributed by atoms with Crippen LogP contribution in [0.3, 0.4) is 0 Å². The number of nitrogens with one attached hydrogen (secondary N) is 3. The largest absolute Gasteiger partial charge is 0.324 e. The van der Waals surface area contributed by atoms with Gasteiger partial charge in [-0.15, -0.1) is 0 Å². The Hall–Kier alpha value is -3.06. The number of benzene rings is 3. The summed E-state index contributed by atoms with van der Waals surface area (Å²) in [6, 6.07) is 21.8. The summed E-state index contributed by atoms with van der Waals surface area (Å²) in [7, 11) is 0.